The van der Waals surface area contributed by atoms with Crippen LogP contribution in [0.1, 0.15) is 43.6 Å². The van der Waals surface area contributed by atoms with Crippen LogP contribution in [-0.4, -0.2) is 38.0 Å². The molecule has 100 valence electrons. The number of hydrogen-bond acceptors (Lipinski definition) is 4. The van der Waals surface area contributed by atoms with Crippen LogP contribution in [0.4, 0.5) is 0 Å². The van der Waals surface area contributed by atoms with E-state index in [-0.39, 0.29) is 24.2 Å². The van der Waals surface area contributed by atoms with Crippen molar-refractivity contribution in [2.45, 2.75) is 45.7 Å². The lowest BCUT2D eigenvalue weighted by atomic mass is 10.1. The molecular weight excluding hydrogens is 236 g/mol. The number of hydrogen-bond donors (Lipinski definition) is 2. The highest BCUT2D eigenvalue weighted by atomic mass is 16.4. The first-order chi connectivity index (χ1) is 8.56. The summed E-state index contributed by atoms with van der Waals surface area (Å²) in [4.78, 5) is 22.3. The van der Waals surface area contributed by atoms with E-state index >= 15 is 0 Å². The first-order valence-electron chi connectivity index (χ1n) is 5.99. The van der Waals surface area contributed by atoms with Crippen molar-refractivity contribution in [3.63, 3.8) is 0 Å². The molecule has 18 heavy (non-hydrogen) atoms. The zero-order valence-electron chi connectivity index (χ0n) is 10.6. The number of aromatic carboxylic acids is 1. The van der Waals surface area contributed by atoms with Gasteiger partial charge in [-0.05, 0) is 12.8 Å². The maximum absolute atomic E-state index is 11.7. The first-order valence-corrected chi connectivity index (χ1v) is 5.99. The quantitative estimate of drug-likeness (QED) is 0.745. The van der Waals surface area contributed by atoms with Crippen LogP contribution in [0.2, 0.25) is 0 Å². The van der Waals surface area contributed by atoms with Crippen molar-refractivity contribution in [2.24, 2.45) is 0 Å². The summed E-state index contributed by atoms with van der Waals surface area (Å²) in [6.45, 7) is 4.06. The van der Waals surface area contributed by atoms with Crippen LogP contribution in [0.5, 0.6) is 0 Å². The molecular formula is C11H18N4O3. The van der Waals surface area contributed by atoms with Crippen molar-refractivity contribution < 1.29 is 14.7 Å². The molecule has 7 nitrogen and oxygen atoms in total. The van der Waals surface area contributed by atoms with Crippen molar-refractivity contribution in [1.29, 1.82) is 0 Å². The van der Waals surface area contributed by atoms with Crippen molar-refractivity contribution in [2.75, 3.05) is 0 Å². The minimum atomic E-state index is -1.15. The lowest BCUT2D eigenvalue weighted by Crippen LogP contribution is -2.36. The molecule has 1 aromatic heterocycles. The molecule has 1 amide bonds. The van der Waals surface area contributed by atoms with Crippen LogP contribution in [-0.2, 0) is 11.3 Å². The van der Waals surface area contributed by atoms with E-state index in [2.05, 4.69) is 22.6 Å². The number of rotatable bonds is 7. The van der Waals surface area contributed by atoms with Gasteiger partial charge in [-0.1, -0.05) is 25.5 Å². The predicted molar refractivity (Wildman–Crippen MR) is 64.1 cm³/mol. The number of nitrogens with zero attached hydrogens (tertiary/aromatic N) is 3. The average molecular weight is 254 g/mol. The number of carbonyl (C=O) groups is 2. The second-order valence-electron chi connectivity index (χ2n) is 4.07. The lowest BCUT2D eigenvalue weighted by Gasteiger charge is -2.15. The van der Waals surface area contributed by atoms with Crippen LogP contribution >= 0.6 is 0 Å². The first kappa shape index (κ1) is 14.1. The van der Waals surface area contributed by atoms with Gasteiger partial charge in [-0.25, -0.2) is 9.48 Å². The molecule has 1 atom stereocenters. The van der Waals surface area contributed by atoms with Gasteiger partial charge in [0.05, 0.1) is 6.20 Å². The summed E-state index contributed by atoms with van der Waals surface area (Å²) in [6, 6.07) is 0.157. The van der Waals surface area contributed by atoms with Crippen molar-refractivity contribution in [3.05, 3.63) is 11.9 Å². The molecule has 0 saturated heterocycles. The summed E-state index contributed by atoms with van der Waals surface area (Å²) >= 11 is 0. The third kappa shape index (κ3) is 4.15. The van der Waals surface area contributed by atoms with Gasteiger partial charge in [0.2, 0.25) is 5.91 Å². The molecule has 2 N–H and O–H groups in total. The third-order valence-corrected chi connectivity index (χ3v) is 2.56. The zero-order chi connectivity index (χ0) is 13.5. The highest BCUT2D eigenvalue weighted by molar-refractivity contribution is 5.84. The highest BCUT2D eigenvalue weighted by Crippen LogP contribution is 2.01. The molecule has 0 aliphatic heterocycles. The van der Waals surface area contributed by atoms with E-state index in [9.17, 15) is 9.59 Å². The Bertz CT molecular complexity index is 416. The van der Waals surface area contributed by atoms with E-state index in [0.29, 0.717) is 0 Å². The molecule has 1 unspecified atom stereocenters. The lowest BCUT2D eigenvalue weighted by molar-refractivity contribution is -0.122. The second kappa shape index (κ2) is 6.73. The van der Waals surface area contributed by atoms with Gasteiger partial charge in [-0.15, -0.1) is 5.10 Å². The van der Waals surface area contributed by atoms with Gasteiger partial charge in [0.1, 0.15) is 6.54 Å². The van der Waals surface area contributed by atoms with Gasteiger partial charge < -0.3 is 10.4 Å². The fourth-order valence-electron chi connectivity index (χ4n) is 1.62. The smallest absolute Gasteiger partial charge is 0.358 e. The SMILES string of the molecule is CCCC(CC)NC(=O)Cn1cc(C(=O)O)nn1. The minimum absolute atomic E-state index is 0.0134. The van der Waals surface area contributed by atoms with Crippen LogP contribution in [0, 0.1) is 0 Å². The van der Waals surface area contributed by atoms with Gasteiger partial charge in [-0.3, -0.25) is 4.79 Å². The second-order valence-corrected chi connectivity index (χ2v) is 4.07. The number of carbonyl (C=O) groups excluding carboxylic acids is 1. The van der Waals surface area contributed by atoms with Crippen LogP contribution < -0.4 is 5.32 Å². The van der Waals surface area contributed by atoms with E-state index in [1.165, 1.54) is 10.9 Å². The monoisotopic (exact) mass is 254 g/mol. The zero-order valence-corrected chi connectivity index (χ0v) is 10.6. The summed E-state index contributed by atoms with van der Waals surface area (Å²) in [5, 5.41) is 18.6. The Kier molecular flexibility index (Phi) is 5.29. The molecule has 0 saturated carbocycles. The Morgan fingerprint density at radius 2 is 2.22 bits per heavy atom. The summed E-state index contributed by atoms with van der Waals surface area (Å²) in [7, 11) is 0. The molecule has 0 aromatic carbocycles. The average Bonchev–Trinajstić information content (AvgIpc) is 2.77. The largest absolute Gasteiger partial charge is 0.476 e. The maximum atomic E-state index is 11.7. The standard InChI is InChI=1S/C11H18N4O3/c1-3-5-8(4-2)12-10(16)7-15-6-9(11(17)18)13-14-15/h6,8H,3-5,7H2,1-2H3,(H,12,16)(H,17,18). The topological polar surface area (TPSA) is 97.1 Å². The maximum Gasteiger partial charge on any atom is 0.358 e. The predicted octanol–water partition coefficient (Wildman–Crippen LogP) is 0.671. The van der Waals surface area contributed by atoms with Gasteiger partial charge in [0, 0.05) is 6.04 Å². The van der Waals surface area contributed by atoms with E-state index in [1.54, 1.807) is 0 Å². The molecule has 1 rings (SSSR count). The molecule has 0 aliphatic carbocycles. The molecule has 7 heteroatoms. The summed E-state index contributed by atoms with van der Waals surface area (Å²) < 4.78 is 1.22. The van der Waals surface area contributed by atoms with Crippen molar-refractivity contribution in [3.8, 4) is 0 Å². The summed E-state index contributed by atoms with van der Waals surface area (Å²) in [6.07, 6.45) is 4.05. The Hall–Kier alpha value is -1.92. The van der Waals surface area contributed by atoms with Gasteiger partial charge in [-0.2, -0.15) is 0 Å². The normalized spacial score (nSPS) is 12.1. The molecule has 0 radical (unpaired) electrons. The van der Waals surface area contributed by atoms with E-state index < -0.39 is 5.97 Å². The highest BCUT2D eigenvalue weighted by Gasteiger charge is 2.13. The van der Waals surface area contributed by atoms with Crippen molar-refractivity contribution >= 4 is 11.9 Å². The van der Waals surface area contributed by atoms with Crippen LogP contribution in [0.25, 0.3) is 0 Å². The third-order valence-electron chi connectivity index (χ3n) is 2.56. The fraction of sp³-hybridized carbons (Fsp3) is 0.636. The van der Waals surface area contributed by atoms with Gasteiger partial charge in [0.25, 0.3) is 0 Å². The molecule has 0 aliphatic rings. The number of amides is 1. The number of carboxylic acids is 1. The van der Waals surface area contributed by atoms with Gasteiger partial charge in [0.15, 0.2) is 5.69 Å². The van der Waals surface area contributed by atoms with E-state index in [1.807, 2.05) is 6.92 Å². The van der Waals surface area contributed by atoms with Crippen LogP contribution in [0.15, 0.2) is 6.20 Å². The summed E-state index contributed by atoms with van der Waals surface area (Å²) in [5.74, 6) is -1.34. The number of nitrogens with one attached hydrogen (secondary N) is 1. The number of carboxylic acid groups (broad SMARTS) is 1. The number of aromatic nitrogens is 3. The Labute approximate surface area is 105 Å². The molecule has 0 fully saturated rings. The minimum Gasteiger partial charge on any atom is -0.476 e. The molecule has 1 heterocycles. The Balaban J connectivity index is 2.50. The van der Waals surface area contributed by atoms with E-state index in [4.69, 9.17) is 5.11 Å². The fourth-order valence-corrected chi connectivity index (χ4v) is 1.62. The Morgan fingerprint density at radius 1 is 1.50 bits per heavy atom. The van der Waals surface area contributed by atoms with Gasteiger partial charge >= 0.3 is 5.97 Å². The summed E-state index contributed by atoms with van der Waals surface area (Å²) in [5.41, 5.74) is -0.164. The molecule has 1 aromatic rings. The Morgan fingerprint density at radius 3 is 2.72 bits per heavy atom. The van der Waals surface area contributed by atoms with E-state index in [0.717, 1.165) is 19.3 Å². The van der Waals surface area contributed by atoms with Crippen LogP contribution in [0.3, 0.4) is 0 Å². The molecule has 0 spiro atoms. The van der Waals surface area contributed by atoms with Crippen molar-refractivity contribution in [1.82, 2.24) is 20.3 Å². The molecule has 0 bridgehead atoms.